The molecule has 110 valence electrons. The first-order chi connectivity index (χ1) is 9.35. The zero-order valence-corrected chi connectivity index (χ0v) is 11.6. The van der Waals surface area contributed by atoms with E-state index < -0.39 is 23.8 Å². The van der Waals surface area contributed by atoms with E-state index in [1.54, 1.807) is 0 Å². The normalized spacial score (nSPS) is 10.7. The van der Waals surface area contributed by atoms with E-state index in [0.717, 1.165) is 17.0 Å². The number of carbonyl (C=O) groups excluding carboxylic acids is 1. The van der Waals surface area contributed by atoms with E-state index in [-0.39, 0.29) is 28.7 Å². The lowest BCUT2D eigenvalue weighted by molar-refractivity contribution is -0.384. The Morgan fingerprint density at radius 2 is 2.05 bits per heavy atom. The Morgan fingerprint density at radius 1 is 1.40 bits per heavy atom. The standard InChI is InChI=1S/C11H10Cl2F2N2O3/c12-1-2-16(6-10(14)15)11(18)7-3-8(13)5-9(4-7)17(19)20/h3-5,10H,1-2,6H2. The lowest BCUT2D eigenvalue weighted by Gasteiger charge is -2.21. The van der Waals surface area contributed by atoms with Crippen LogP contribution in [0.3, 0.4) is 0 Å². The predicted octanol–water partition coefficient (Wildman–Crippen LogP) is 3.19. The number of alkyl halides is 3. The van der Waals surface area contributed by atoms with Crippen molar-refractivity contribution in [1.82, 2.24) is 4.90 Å². The molecule has 0 atom stereocenters. The van der Waals surface area contributed by atoms with E-state index in [9.17, 15) is 23.7 Å². The number of halogens is 4. The number of nitro benzene ring substituents is 1. The van der Waals surface area contributed by atoms with Crippen molar-refractivity contribution in [3.8, 4) is 0 Å². The fourth-order valence-electron chi connectivity index (χ4n) is 1.53. The van der Waals surface area contributed by atoms with Gasteiger partial charge in [-0.05, 0) is 6.07 Å². The van der Waals surface area contributed by atoms with E-state index in [1.807, 2.05) is 0 Å². The van der Waals surface area contributed by atoms with Gasteiger partial charge >= 0.3 is 0 Å². The van der Waals surface area contributed by atoms with Crippen LogP contribution in [0.1, 0.15) is 10.4 Å². The maximum absolute atomic E-state index is 12.4. The predicted molar refractivity (Wildman–Crippen MR) is 70.7 cm³/mol. The maximum atomic E-state index is 12.4. The highest BCUT2D eigenvalue weighted by Crippen LogP contribution is 2.22. The van der Waals surface area contributed by atoms with Gasteiger partial charge in [0.15, 0.2) is 0 Å². The summed E-state index contributed by atoms with van der Waals surface area (Å²) in [5, 5.41) is 10.7. The topological polar surface area (TPSA) is 63.4 Å². The number of nitrogens with zero attached hydrogens (tertiary/aromatic N) is 2. The van der Waals surface area contributed by atoms with Gasteiger partial charge in [0.1, 0.15) is 0 Å². The lowest BCUT2D eigenvalue weighted by Crippen LogP contribution is -2.36. The minimum Gasteiger partial charge on any atom is -0.332 e. The summed E-state index contributed by atoms with van der Waals surface area (Å²) >= 11 is 11.1. The highest BCUT2D eigenvalue weighted by atomic mass is 35.5. The van der Waals surface area contributed by atoms with Crippen molar-refractivity contribution >= 4 is 34.8 Å². The molecule has 0 fully saturated rings. The summed E-state index contributed by atoms with van der Waals surface area (Å²) in [6, 6.07) is 3.24. The second kappa shape index (κ2) is 7.35. The Labute approximate surface area is 123 Å². The summed E-state index contributed by atoms with van der Waals surface area (Å²) in [5.41, 5.74) is -0.515. The molecule has 5 nitrogen and oxygen atoms in total. The molecule has 0 unspecified atom stereocenters. The van der Waals surface area contributed by atoms with Gasteiger partial charge in [0, 0.05) is 35.1 Å². The average molecular weight is 327 g/mol. The van der Waals surface area contributed by atoms with Gasteiger partial charge in [0.2, 0.25) is 0 Å². The molecule has 1 aromatic carbocycles. The largest absolute Gasteiger partial charge is 0.332 e. The van der Waals surface area contributed by atoms with Gasteiger partial charge in [0.25, 0.3) is 18.0 Å². The van der Waals surface area contributed by atoms with Gasteiger partial charge in [-0.3, -0.25) is 14.9 Å². The van der Waals surface area contributed by atoms with Gasteiger partial charge in [-0.25, -0.2) is 8.78 Å². The van der Waals surface area contributed by atoms with Crippen molar-refractivity contribution < 1.29 is 18.5 Å². The van der Waals surface area contributed by atoms with Crippen molar-refractivity contribution in [2.45, 2.75) is 6.43 Å². The van der Waals surface area contributed by atoms with E-state index in [2.05, 4.69) is 0 Å². The third-order valence-corrected chi connectivity index (χ3v) is 2.73. The molecule has 0 N–H and O–H groups in total. The summed E-state index contributed by atoms with van der Waals surface area (Å²) in [4.78, 5) is 22.8. The molecule has 9 heteroatoms. The number of benzene rings is 1. The molecule has 0 bridgehead atoms. The zero-order chi connectivity index (χ0) is 15.3. The van der Waals surface area contributed by atoms with Crippen LogP contribution < -0.4 is 0 Å². The van der Waals surface area contributed by atoms with E-state index in [1.165, 1.54) is 6.07 Å². The second-order valence-electron chi connectivity index (χ2n) is 3.79. The average Bonchev–Trinajstić information content (AvgIpc) is 2.36. The third-order valence-electron chi connectivity index (χ3n) is 2.34. The smallest absolute Gasteiger partial charge is 0.271 e. The fraction of sp³-hybridized carbons (Fsp3) is 0.364. The molecule has 0 saturated heterocycles. The number of carbonyl (C=O) groups is 1. The first-order valence-electron chi connectivity index (χ1n) is 5.43. The summed E-state index contributed by atoms with van der Waals surface area (Å²) < 4.78 is 24.8. The van der Waals surface area contributed by atoms with Gasteiger partial charge < -0.3 is 4.90 Å². The fourth-order valence-corrected chi connectivity index (χ4v) is 1.96. The maximum Gasteiger partial charge on any atom is 0.271 e. The van der Waals surface area contributed by atoms with Gasteiger partial charge in [-0.1, -0.05) is 11.6 Å². The lowest BCUT2D eigenvalue weighted by atomic mass is 10.1. The summed E-state index contributed by atoms with van der Waals surface area (Å²) in [6.07, 6.45) is -2.73. The Balaban J connectivity index is 3.07. The van der Waals surface area contributed by atoms with Gasteiger partial charge in [0.05, 0.1) is 11.5 Å². The molecule has 0 aliphatic heterocycles. The molecule has 0 saturated carbocycles. The summed E-state index contributed by atoms with van der Waals surface area (Å²) in [6.45, 7) is -0.892. The first kappa shape index (κ1) is 16.6. The molecule has 0 aliphatic carbocycles. The number of hydrogen-bond donors (Lipinski definition) is 0. The Bertz CT molecular complexity index is 514. The monoisotopic (exact) mass is 326 g/mol. The van der Waals surface area contributed by atoms with Crippen molar-refractivity contribution in [3.05, 3.63) is 38.9 Å². The second-order valence-corrected chi connectivity index (χ2v) is 4.60. The number of non-ortho nitro benzene ring substituents is 1. The van der Waals surface area contributed by atoms with Crippen LogP contribution in [-0.2, 0) is 0 Å². The van der Waals surface area contributed by atoms with Crippen LogP contribution in [0.4, 0.5) is 14.5 Å². The molecule has 1 aromatic rings. The minimum atomic E-state index is -2.73. The SMILES string of the molecule is O=C(c1cc(Cl)cc([N+](=O)[O-])c1)N(CCCl)CC(F)F. The quantitative estimate of drug-likeness (QED) is 0.458. The van der Waals surface area contributed by atoms with Gasteiger partial charge in [-0.15, -0.1) is 11.6 Å². The Morgan fingerprint density at radius 3 is 2.55 bits per heavy atom. The molecular formula is C11H10Cl2F2N2O3. The first-order valence-corrected chi connectivity index (χ1v) is 6.34. The molecule has 1 amide bonds. The Kier molecular flexibility index (Phi) is 6.09. The van der Waals surface area contributed by atoms with Crippen molar-refractivity contribution in [2.24, 2.45) is 0 Å². The van der Waals surface area contributed by atoms with Crippen LogP contribution in [0.25, 0.3) is 0 Å². The molecule has 0 aromatic heterocycles. The number of amides is 1. The van der Waals surface area contributed by atoms with E-state index in [4.69, 9.17) is 23.2 Å². The Hall–Kier alpha value is -1.47. The summed E-state index contributed by atoms with van der Waals surface area (Å²) in [5.74, 6) is -0.808. The molecule has 20 heavy (non-hydrogen) atoms. The van der Waals surface area contributed by atoms with Crippen molar-refractivity contribution in [1.29, 1.82) is 0 Å². The summed E-state index contributed by atoms with van der Waals surface area (Å²) in [7, 11) is 0. The van der Waals surface area contributed by atoms with E-state index >= 15 is 0 Å². The highest BCUT2D eigenvalue weighted by molar-refractivity contribution is 6.31. The van der Waals surface area contributed by atoms with Crippen LogP contribution in [0.5, 0.6) is 0 Å². The zero-order valence-electron chi connectivity index (χ0n) is 10.1. The molecule has 0 spiro atoms. The minimum absolute atomic E-state index is 0.0228. The highest BCUT2D eigenvalue weighted by Gasteiger charge is 2.21. The molecule has 0 heterocycles. The molecule has 0 radical (unpaired) electrons. The van der Waals surface area contributed by atoms with Crippen LogP contribution in [0.15, 0.2) is 18.2 Å². The van der Waals surface area contributed by atoms with Gasteiger partial charge in [-0.2, -0.15) is 0 Å². The number of hydrogen-bond acceptors (Lipinski definition) is 3. The van der Waals surface area contributed by atoms with E-state index in [0.29, 0.717) is 0 Å². The van der Waals surface area contributed by atoms with Crippen molar-refractivity contribution in [3.63, 3.8) is 0 Å². The van der Waals surface area contributed by atoms with Crippen LogP contribution in [0, 0.1) is 10.1 Å². The third kappa shape index (κ3) is 4.57. The van der Waals surface area contributed by atoms with Crippen LogP contribution >= 0.6 is 23.2 Å². The van der Waals surface area contributed by atoms with Crippen LogP contribution in [-0.4, -0.2) is 41.1 Å². The molecular weight excluding hydrogens is 317 g/mol. The van der Waals surface area contributed by atoms with Crippen molar-refractivity contribution in [2.75, 3.05) is 19.0 Å². The molecule has 1 rings (SSSR count). The number of nitro groups is 1. The number of rotatable bonds is 6. The molecule has 0 aliphatic rings. The van der Waals surface area contributed by atoms with Crippen LogP contribution in [0.2, 0.25) is 5.02 Å².